The lowest BCUT2D eigenvalue weighted by molar-refractivity contribution is 1.01. The van der Waals surface area contributed by atoms with Crippen LogP contribution in [0.25, 0.3) is 116 Å². The first kappa shape index (κ1) is 29.0. The molecule has 55 heavy (non-hydrogen) atoms. The Bertz CT molecular complexity index is 3700. The van der Waals surface area contributed by atoms with Crippen LogP contribution in [-0.2, 0) is 0 Å². The molecule has 254 valence electrons. The van der Waals surface area contributed by atoms with E-state index in [2.05, 4.69) is 189 Å². The van der Waals surface area contributed by atoms with E-state index < -0.39 is 0 Å². The molecule has 5 heterocycles. The lowest BCUT2D eigenvalue weighted by Crippen LogP contribution is -2.05. The third-order valence-electron chi connectivity index (χ3n) is 11.7. The van der Waals surface area contributed by atoms with E-state index in [1.54, 1.807) is 0 Å². The molecule has 0 radical (unpaired) electrons. The van der Waals surface area contributed by atoms with Crippen LogP contribution in [0.3, 0.4) is 0 Å². The fraction of sp³-hybridized carbons (Fsp3) is 0. The van der Waals surface area contributed by atoms with E-state index in [1.165, 1.54) is 54.1 Å². The Balaban J connectivity index is 1.36. The molecule has 0 unspecified atom stereocenters. The highest BCUT2D eigenvalue weighted by Gasteiger charge is 2.28. The highest BCUT2D eigenvalue weighted by molar-refractivity contribution is 6.37. The summed E-state index contributed by atoms with van der Waals surface area (Å²) in [4.78, 5) is 11.0. The van der Waals surface area contributed by atoms with Gasteiger partial charge >= 0.3 is 0 Å². The van der Waals surface area contributed by atoms with E-state index in [1.807, 2.05) is 0 Å². The zero-order valence-electron chi connectivity index (χ0n) is 29.5. The van der Waals surface area contributed by atoms with E-state index in [9.17, 15) is 0 Å². The largest absolute Gasteiger partial charge is 0.308 e. The summed E-state index contributed by atoms with van der Waals surface area (Å²) in [5.74, 6) is 0.648. The Kier molecular flexibility index (Phi) is 5.57. The van der Waals surface area contributed by atoms with Crippen LogP contribution in [0.1, 0.15) is 0 Å². The summed E-state index contributed by atoms with van der Waals surface area (Å²) in [6.07, 6.45) is 0. The standard InChI is InChI=1S/C50H29N5/c1-3-15-30(16-4-1)46-36-21-7-10-24-39(36)51-50(52-46)55-43-28-14-27-42-45(43)44-37(35-23-13-22-34-32-19-8-12-26-41(32)54(42)47(34)35)29-38-33-20-9-11-25-40(33)53(48(38)49(44)55)31-17-5-2-6-18-31/h1-29H. The van der Waals surface area contributed by atoms with Crippen molar-refractivity contribution in [2.75, 3.05) is 0 Å². The Morgan fingerprint density at radius 3 is 1.76 bits per heavy atom. The van der Waals surface area contributed by atoms with Crippen molar-refractivity contribution < 1.29 is 0 Å². The van der Waals surface area contributed by atoms with Crippen molar-refractivity contribution in [3.05, 3.63) is 176 Å². The molecule has 0 atom stereocenters. The van der Waals surface area contributed by atoms with Crippen molar-refractivity contribution >= 4 is 92.6 Å². The van der Waals surface area contributed by atoms with Gasteiger partial charge in [0.1, 0.15) is 0 Å². The van der Waals surface area contributed by atoms with E-state index in [4.69, 9.17) is 9.97 Å². The zero-order chi connectivity index (χ0) is 35.8. The second-order valence-corrected chi connectivity index (χ2v) is 14.5. The average Bonchev–Trinajstić information content (AvgIpc) is 3.87. The molecule has 0 aliphatic heterocycles. The van der Waals surface area contributed by atoms with Gasteiger partial charge in [-0.1, -0.05) is 127 Å². The van der Waals surface area contributed by atoms with Gasteiger partial charge in [-0.05, 0) is 53.9 Å². The first-order valence-electron chi connectivity index (χ1n) is 18.8. The maximum absolute atomic E-state index is 5.54. The van der Waals surface area contributed by atoms with E-state index >= 15 is 0 Å². The molecule has 13 aromatic rings. The summed E-state index contributed by atoms with van der Waals surface area (Å²) in [7, 11) is 0. The second-order valence-electron chi connectivity index (χ2n) is 14.5. The Morgan fingerprint density at radius 2 is 0.945 bits per heavy atom. The fourth-order valence-corrected chi connectivity index (χ4v) is 9.59. The minimum Gasteiger partial charge on any atom is -0.308 e. The number of aromatic nitrogens is 5. The molecule has 0 spiro atoms. The van der Waals surface area contributed by atoms with Crippen LogP contribution >= 0.6 is 0 Å². The van der Waals surface area contributed by atoms with Crippen LogP contribution < -0.4 is 0 Å². The monoisotopic (exact) mass is 699 g/mol. The Hall–Kier alpha value is -7.50. The summed E-state index contributed by atoms with van der Waals surface area (Å²) in [5.41, 5.74) is 12.0. The number of fused-ring (bicyclic) bond motifs is 10. The molecular formula is C50H29N5. The SMILES string of the molecule is c1ccc(-c2nc(-n3c4cccc5c4c4c(cc6c7ccccc7n(-c7ccccc7)c6c43)c3cccc4c6ccccc6n5c34)nc3ccccc23)cc1. The fourth-order valence-electron chi connectivity index (χ4n) is 9.59. The van der Waals surface area contributed by atoms with Gasteiger partial charge in [-0.15, -0.1) is 0 Å². The first-order chi connectivity index (χ1) is 27.3. The van der Waals surface area contributed by atoms with Crippen LogP contribution in [0.15, 0.2) is 176 Å². The van der Waals surface area contributed by atoms with Crippen molar-refractivity contribution in [2.24, 2.45) is 0 Å². The summed E-state index contributed by atoms with van der Waals surface area (Å²) in [6.45, 7) is 0. The molecule has 5 heteroatoms. The molecule has 0 amide bonds. The van der Waals surface area contributed by atoms with Gasteiger partial charge in [0.05, 0.1) is 49.8 Å². The van der Waals surface area contributed by atoms with Crippen molar-refractivity contribution in [1.29, 1.82) is 0 Å². The van der Waals surface area contributed by atoms with Gasteiger partial charge in [0, 0.05) is 54.3 Å². The van der Waals surface area contributed by atoms with Gasteiger partial charge in [-0.2, -0.15) is 0 Å². The van der Waals surface area contributed by atoms with Gasteiger partial charge in [0.15, 0.2) is 0 Å². The highest BCUT2D eigenvalue weighted by Crippen LogP contribution is 2.48. The van der Waals surface area contributed by atoms with Crippen molar-refractivity contribution in [3.63, 3.8) is 0 Å². The summed E-state index contributed by atoms with van der Waals surface area (Å²) in [5, 5.41) is 10.8. The summed E-state index contributed by atoms with van der Waals surface area (Å²) < 4.78 is 7.30. The number of hydrogen-bond acceptors (Lipinski definition) is 2. The number of hydrogen-bond donors (Lipinski definition) is 0. The third-order valence-corrected chi connectivity index (χ3v) is 11.7. The quantitative estimate of drug-likeness (QED) is 0.184. The highest BCUT2D eigenvalue weighted by atomic mass is 15.2. The molecule has 5 nitrogen and oxygen atoms in total. The summed E-state index contributed by atoms with van der Waals surface area (Å²) >= 11 is 0. The molecule has 8 aromatic carbocycles. The predicted octanol–water partition coefficient (Wildman–Crippen LogP) is 12.6. The third kappa shape index (κ3) is 3.71. The molecule has 0 saturated heterocycles. The van der Waals surface area contributed by atoms with Crippen LogP contribution in [-0.4, -0.2) is 23.5 Å². The first-order valence-corrected chi connectivity index (χ1v) is 18.8. The van der Waals surface area contributed by atoms with Gasteiger partial charge in [-0.25, -0.2) is 9.97 Å². The Labute approximate surface area is 313 Å². The molecule has 0 N–H and O–H groups in total. The van der Waals surface area contributed by atoms with Crippen LogP contribution in [0, 0.1) is 0 Å². The lowest BCUT2D eigenvalue weighted by Gasteiger charge is -2.14. The van der Waals surface area contributed by atoms with Gasteiger partial charge in [-0.3, -0.25) is 4.57 Å². The number of nitrogens with zero attached hydrogens (tertiary/aromatic N) is 5. The van der Waals surface area contributed by atoms with Gasteiger partial charge in [0.2, 0.25) is 5.95 Å². The lowest BCUT2D eigenvalue weighted by atomic mass is 10.0. The van der Waals surface area contributed by atoms with Gasteiger partial charge in [0.25, 0.3) is 0 Å². The minimum atomic E-state index is 0.648. The van der Waals surface area contributed by atoms with E-state index in [0.29, 0.717) is 5.95 Å². The maximum atomic E-state index is 5.54. The molecule has 0 bridgehead atoms. The predicted molar refractivity (Wildman–Crippen MR) is 228 cm³/mol. The zero-order valence-corrected chi connectivity index (χ0v) is 29.5. The molecule has 0 fully saturated rings. The van der Waals surface area contributed by atoms with Crippen molar-refractivity contribution in [2.45, 2.75) is 0 Å². The van der Waals surface area contributed by atoms with Gasteiger partial charge < -0.3 is 8.97 Å². The maximum Gasteiger partial charge on any atom is 0.235 e. The van der Waals surface area contributed by atoms with Crippen molar-refractivity contribution in [3.8, 4) is 22.9 Å². The number of para-hydroxylation sites is 5. The average molecular weight is 700 g/mol. The number of benzene rings is 8. The minimum absolute atomic E-state index is 0.648. The molecule has 0 aliphatic rings. The normalized spacial score (nSPS) is 12.4. The second kappa shape index (κ2) is 10.6. The topological polar surface area (TPSA) is 40.0 Å². The molecule has 0 saturated carbocycles. The summed E-state index contributed by atoms with van der Waals surface area (Å²) in [6, 6.07) is 63.3. The Morgan fingerprint density at radius 1 is 0.345 bits per heavy atom. The molecule has 13 rings (SSSR count). The van der Waals surface area contributed by atoms with Crippen LogP contribution in [0.2, 0.25) is 0 Å². The van der Waals surface area contributed by atoms with E-state index in [-0.39, 0.29) is 0 Å². The van der Waals surface area contributed by atoms with Crippen LogP contribution in [0.4, 0.5) is 0 Å². The van der Waals surface area contributed by atoms with Crippen molar-refractivity contribution in [1.82, 2.24) is 23.5 Å². The molecule has 0 aliphatic carbocycles. The molecular weight excluding hydrogens is 671 g/mol. The number of rotatable bonds is 3. The molecule has 5 aromatic heterocycles. The smallest absolute Gasteiger partial charge is 0.235 e. The van der Waals surface area contributed by atoms with E-state index in [0.717, 1.165) is 55.4 Å². The van der Waals surface area contributed by atoms with Crippen LogP contribution in [0.5, 0.6) is 0 Å².